The fourth-order valence-corrected chi connectivity index (χ4v) is 3.72. The number of hydrogen-bond acceptors (Lipinski definition) is 4. The molecule has 3 heterocycles. The van der Waals surface area contributed by atoms with Crippen molar-refractivity contribution in [3.63, 3.8) is 0 Å². The van der Waals surface area contributed by atoms with Crippen molar-refractivity contribution in [1.82, 2.24) is 4.40 Å². The summed E-state index contributed by atoms with van der Waals surface area (Å²) < 4.78 is 7.29. The molecular weight excluding hydrogens is 298 g/mol. The first-order valence-corrected chi connectivity index (χ1v) is 8.02. The Kier molecular flexibility index (Phi) is 3.08. The van der Waals surface area contributed by atoms with Crippen LogP contribution in [0.1, 0.15) is 27.9 Å². The van der Waals surface area contributed by atoms with Crippen LogP contribution in [0.5, 0.6) is 5.75 Å². The third kappa shape index (κ3) is 1.89. The maximum absolute atomic E-state index is 13.0. The number of fused-ring (bicyclic) bond motifs is 2. The van der Waals surface area contributed by atoms with Crippen molar-refractivity contribution in [2.75, 3.05) is 6.61 Å². The van der Waals surface area contributed by atoms with Crippen LogP contribution in [0.2, 0.25) is 0 Å². The van der Waals surface area contributed by atoms with Crippen molar-refractivity contribution in [3.05, 3.63) is 69.0 Å². The fourth-order valence-electron chi connectivity index (χ4n) is 2.85. The normalized spacial score (nSPS) is 13.6. The second kappa shape index (κ2) is 5.10. The topological polar surface area (TPSA) is 47.8 Å². The lowest BCUT2D eigenvalue weighted by atomic mass is 9.99. The number of ether oxygens (including phenoxy) is 1. The molecule has 0 fully saturated rings. The maximum Gasteiger partial charge on any atom is 0.262 e. The smallest absolute Gasteiger partial charge is 0.262 e. The summed E-state index contributed by atoms with van der Waals surface area (Å²) in [4.78, 5) is 26.1. The Morgan fingerprint density at radius 1 is 1.23 bits per heavy atom. The summed E-state index contributed by atoms with van der Waals surface area (Å²) in [5, 5.41) is 1.82. The highest BCUT2D eigenvalue weighted by molar-refractivity contribution is 7.16. The van der Waals surface area contributed by atoms with Crippen molar-refractivity contribution in [2.24, 2.45) is 0 Å². The molecule has 0 N–H and O–H groups in total. The van der Waals surface area contributed by atoms with E-state index in [2.05, 4.69) is 0 Å². The van der Waals surface area contributed by atoms with Gasteiger partial charge in [0.25, 0.3) is 5.56 Å². The minimum Gasteiger partial charge on any atom is -0.492 e. The van der Waals surface area contributed by atoms with Crippen LogP contribution in [0.15, 0.2) is 46.7 Å². The lowest BCUT2D eigenvalue weighted by Gasteiger charge is -2.20. The molecule has 4 rings (SSSR count). The second-order valence-electron chi connectivity index (χ2n) is 5.21. The first-order valence-electron chi connectivity index (χ1n) is 7.14. The number of rotatable bonds is 2. The molecule has 2 aromatic heterocycles. The Labute approximate surface area is 130 Å². The summed E-state index contributed by atoms with van der Waals surface area (Å²) in [6, 6.07) is 9.11. The molecule has 3 aromatic rings. The molecule has 0 saturated heterocycles. The summed E-state index contributed by atoms with van der Waals surface area (Å²) >= 11 is 1.39. The molecule has 0 aliphatic carbocycles. The van der Waals surface area contributed by atoms with E-state index >= 15 is 0 Å². The molecule has 5 heteroatoms. The van der Waals surface area contributed by atoms with Gasteiger partial charge in [0.1, 0.15) is 10.6 Å². The molecule has 0 unspecified atom stereocenters. The van der Waals surface area contributed by atoms with E-state index in [1.165, 1.54) is 11.3 Å². The van der Waals surface area contributed by atoms with Crippen molar-refractivity contribution in [2.45, 2.75) is 12.8 Å². The molecule has 1 aliphatic rings. The van der Waals surface area contributed by atoms with Crippen molar-refractivity contribution in [3.8, 4) is 5.75 Å². The van der Waals surface area contributed by atoms with Gasteiger partial charge < -0.3 is 4.74 Å². The standard InChI is InChI=1S/C17H13NO3S/c19-14(11-5-2-1-3-6-11)13-15-12(7-4-9-21-15)16(20)18-8-10-22-17(13)18/h1-3,5-6,8,10H,4,7,9H2. The Morgan fingerprint density at radius 2 is 2.05 bits per heavy atom. The first-order chi connectivity index (χ1) is 10.8. The quantitative estimate of drug-likeness (QED) is 0.684. The van der Waals surface area contributed by atoms with Gasteiger partial charge in [0.15, 0.2) is 5.78 Å². The third-order valence-corrected chi connectivity index (χ3v) is 4.76. The van der Waals surface area contributed by atoms with Crippen LogP contribution in [-0.4, -0.2) is 16.8 Å². The van der Waals surface area contributed by atoms with Gasteiger partial charge in [-0.15, -0.1) is 11.3 Å². The number of ketones is 1. The first kappa shape index (κ1) is 13.3. The summed E-state index contributed by atoms with van der Waals surface area (Å²) in [5.41, 5.74) is 1.65. The van der Waals surface area contributed by atoms with E-state index in [0.717, 1.165) is 6.42 Å². The van der Waals surface area contributed by atoms with Gasteiger partial charge in [-0.05, 0) is 12.8 Å². The van der Waals surface area contributed by atoms with Crippen molar-refractivity contribution >= 4 is 22.0 Å². The van der Waals surface area contributed by atoms with Gasteiger partial charge in [-0.25, -0.2) is 0 Å². The van der Waals surface area contributed by atoms with Crippen LogP contribution in [-0.2, 0) is 6.42 Å². The Balaban J connectivity index is 2.05. The van der Waals surface area contributed by atoms with Gasteiger partial charge in [-0.2, -0.15) is 0 Å². The second-order valence-corrected chi connectivity index (χ2v) is 6.11. The SMILES string of the molecule is O=C(c1ccccc1)c1c2c(c(=O)n3ccsc13)CCCO2. The Hall–Kier alpha value is -2.40. The van der Waals surface area contributed by atoms with Gasteiger partial charge in [-0.1, -0.05) is 30.3 Å². The fraction of sp³-hybridized carbons (Fsp3) is 0.176. The average Bonchev–Trinajstić information content (AvgIpc) is 3.05. The van der Waals surface area contributed by atoms with E-state index in [0.29, 0.717) is 40.3 Å². The molecule has 4 nitrogen and oxygen atoms in total. The lowest BCUT2D eigenvalue weighted by molar-refractivity contribution is 0.103. The van der Waals surface area contributed by atoms with Crippen LogP contribution in [0.25, 0.3) is 4.83 Å². The van der Waals surface area contributed by atoms with Crippen molar-refractivity contribution in [1.29, 1.82) is 0 Å². The van der Waals surface area contributed by atoms with Crippen LogP contribution in [0, 0.1) is 0 Å². The molecule has 22 heavy (non-hydrogen) atoms. The Bertz CT molecular complexity index is 924. The number of thiazole rings is 1. The molecule has 1 aliphatic heterocycles. The average molecular weight is 311 g/mol. The minimum absolute atomic E-state index is 0.0736. The van der Waals surface area contributed by atoms with Crippen LogP contribution in [0.3, 0.4) is 0 Å². The minimum atomic E-state index is -0.0984. The number of hydrogen-bond donors (Lipinski definition) is 0. The van der Waals surface area contributed by atoms with Gasteiger partial charge in [0.05, 0.1) is 17.7 Å². The zero-order valence-corrected chi connectivity index (χ0v) is 12.6. The molecule has 0 radical (unpaired) electrons. The molecule has 110 valence electrons. The van der Waals surface area contributed by atoms with E-state index < -0.39 is 0 Å². The van der Waals surface area contributed by atoms with Gasteiger partial charge >= 0.3 is 0 Å². The number of carbonyl (C=O) groups excluding carboxylic acids is 1. The summed E-state index contributed by atoms with van der Waals surface area (Å²) in [7, 11) is 0. The third-order valence-electron chi connectivity index (χ3n) is 3.88. The van der Waals surface area contributed by atoms with Crippen LogP contribution >= 0.6 is 11.3 Å². The number of carbonyl (C=O) groups is 1. The lowest BCUT2D eigenvalue weighted by Crippen LogP contribution is -2.25. The summed E-state index contributed by atoms with van der Waals surface area (Å²) in [6.45, 7) is 0.545. The highest BCUT2D eigenvalue weighted by Crippen LogP contribution is 2.33. The largest absolute Gasteiger partial charge is 0.492 e. The van der Waals surface area contributed by atoms with Crippen molar-refractivity contribution < 1.29 is 9.53 Å². The molecule has 0 spiro atoms. The number of nitrogens with zero attached hydrogens (tertiary/aromatic N) is 1. The zero-order valence-electron chi connectivity index (χ0n) is 11.7. The van der Waals surface area contributed by atoms with E-state index in [1.54, 1.807) is 22.7 Å². The van der Waals surface area contributed by atoms with Crippen LogP contribution in [0.4, 0.5) is 0 Å². The number of aromatic nitrogens is 1. The van der Waals surface area contributed by atoms with E-state index in [-0.39, 0.29) is 11.3 Å². The number of pyridine rings is 1. The number of benzene rings is 1. The Morgan fingerprint density at radius 3 is 2.86 bits per heavy atom. The predicted octanol–water partition coefficient (Wildman–Crippen LogP) is 2.92. The van der Waals surface area contributed by atoms with Crippen LogP contribution < -0.4 is 10.3 Å². The predicted molar refractivity (Wildman–Crippen MR) is 85.2 cm³/mol. The van der Waals surface area contributed by atoms with Gasteiger partial charge in [0, 0.05) is 17.1 Å². The highest BCUT2D eigenvalue weighted by atomic mass is 32.1. The monoisotopic (exact) mass is 311 g/mol. The van der Waals surface area contributed by atoms with Gasteiger partial charge in [0.2, 0.25) is 0 Å². The summed E-state index contributed by atoms with van der Waals surface area (Å²) in [5.74, 6) is 0.381. The molecule has 0 saturated carbocycles. The molecule has 0 atom stereocenters. The molecular formula is C17H13NO3S. The molecule has 1 aromatic carbocycles. The molecule has 0 bridgehead atoms. The summed E-state index contributed by atoms with van der Waals surface area (Å²) in [6.07, 6.45) is 3.18. The van der Waals surface area contributed by atoms with E-state index in [1.807, 2.05) is 23.6 Å². The van der Waals surface area contributed by atoms with Gasteiger partial charge in [-0.3, -0.25) is 14.0 Å². The van der Waals surface area contributed by atoms with E-state index in [9.17, 15) is 9.59 Å². The highest BCUT2D eigenvalue weighted by Gasteiger charge is 2.27. The zero-order chi connectivity index (χ0) is 15.1. The molecule has 0 amide bonds. The maximum atomic E-state index is 13.0. The van der Waals surface area contributed by atoms with E-state index in [4.69, 9.17) is 4.74 Å².